The van der Waals surface area contributed by atoms with E-state index in [9.17, 15) is 4.79 Å². The lowest BCUT2D eigenvalue weighted by Gasteiger charge is -2.26. The van der Waals surface area contributed by atoms with Gasteiger partial charge in [0.15, 0.2) is 5.16 Å². The minimum Gasteiger partial charge on any atom is -0.497 e. The summed E-state index contributed by atoms with van der Waals surface area (Å²) in [6.07, 6.45) is 0.776. The van der Waals surface area contributed by atoms with E-state index in [0.717, 1.165) is 39.7 Å². The van der Waals surface area contributed by atoms with Gasteiger partial charge in [0.1, 0.15) is 11.5 Å². The van der Waals surface area contributed by atoms with Gasteiger partial charge in [0.2, 0.25) is 5.91 Å². The number of aromatic amines is 1. The first kappa shape index (κ1) is 16.8. The SMILES string of the molecule is COc1ccc2nc(SCC(=O)NC3CCOc4ccccc43)[nH]c2c1. The molecule has 1 aliphatic rings. The molecule has 1 amide bonds. The lowest BCUT2D eigenvalue weighted by Crippen LogP contribution is -2.33. The molecular formula is C19H19N3O3S. The second-order valence-corrected chi connectivity index (χ2v) is 6.97. The number of ether oxygens (including phenoxy) is 2. The number of para-hydroxylation sites is 1. The number of methoxy groups -OCH3 is 1. The fraction of sp³-hybridized carbons (Fsp3) is 0.263. The molecule has 6 nitrogen and oxygen atoms in total. The van der Waals surface area contributed by atoms with Crippen molar-refractivity contribution in [1.82, 2.24) is 15.3 Å². The summed E-state index contributed by atoms with van der Waals surface area (Å²) < 4.78 is 10.8. The molecule has 1 aromatic heterocycles. The number of H-pyrrole nitrogens is 1. The average molecular weight is 369 g/mol. The van der Waals surface area contributed by atoms with Crippen LogP contribution in [0.2, 0.25) is 0 Å². The van der Waals surface area contributed by atoms with E-state index in [4.69, 9.17) is 9.47 Å². The van der Waals surface area contributed by atoms with Gasteiger partial charge in [-0.1, -0.05) is 30.0 Å². The molecule has 1 unspecified atom stereocenters. The van der Waals surface area contributed by atoms with Crippen molar-refractivity contribution in [3.63, 3.8) is 0 Å². The molecule has 4 rings (SSSR count). The van der Waals surface area contributed by atoms with Crippen molar-refractivity contribution >= 4 is 28.7 Å². The topological polar surface area (TPSA) is 76.2 Å². The summed E-state index contributed by atoms with van der Waals surface area (Å²) in [6.45, 7) is 0.612. The number of amides is 1. The number of hydrogen-bond donors (Lipinski definition) is 2. The Morgan fingerprint density at radius 2 is 2.27 bits per heavy atom. The van der Waals surface area contributed by atoms with Gasteiger partial charge in [-0.2, -0.15) is 0 Å². The summed E-state index contributed by atoms with van der Waals surface area (Å²) >= 11 is 1.39. The normalized spacial score (nSPS) is 16.0. The number of nitrogens with zero attached hydrogens (tertiary/aromatic N) is 1. The molecule has 2 heterocycles. The summed E-state index contributed by atoms with van der Waals surface area (Å²) in [5.74, 6) is 1.91. The fourth-order valence-corrected chi connectivity index (χ4v) is 3.72. The predicted molar refractivity (Wildman–Crippen MR) is 101 cm³/mol. The molecule has 0 spiro atoms. The van der Waals surface area contributed by atoms with E-state index in [0.29, 0.717) is 12.4 Å². The third kappa shape index (κ3) is 3.48. The summed E-state index contributed by atoms with van der Waals surface area (Å²) in [5, 5.41) is 3.81. The summed E-state index contributed by atoms with van der Waals surface area (Å²) in [7, 11) is 1.63. The quantitative estimate of drug-likeness (QED) is 0.675. The van der Waals surface area contributed by atoms with Crippen LogP contribution in [0.1, 0.15) is 18.0 Å². The largest absolute Gasteiger partial charge is 0.497 e. The van der Waals surface area contributed by atoms with E-state index in [1.165, 1.54) is 11.8 Å². The Morgan fingerprint density at radius 3 is 3.15 bits per heavy atom. The standard InChI is InChI=1S/C19H19N3O3S/c1-24-12-6-7-15-16(10-12)22-19(21-15)26-11-18(23)20-14-8-9-25-17-5-3-2-4-13(14)17/h2-7,10,14H,8-9,11H2,1H3,(H,20,23)(H,21,22). The van der Waals surface area contributed by atoms with Crippen LogP contribution in [0, 0.1) is 0 Å². The molecule has 0 fully saturated rings. The first-order valence-electron chi connectivity index (χ1n) is 8.40. The molecule has 2 N–H and O–H groups in total. The zero-order valence-electron chi connectivity index (χ0n) is 14.3. The second kappa shape index (κ2) is 7.29. The molecule has 1 atom stereocenters. The molecule has 26 heavy (non-hydrogen) atoms. The first-order valence-corrected chi connectivity index (χ1v) is 9.39. The lowest BCUT2D eigenvalue weighted by molar-refractivity contribution is -0.119. The molecule has 2 aromatic carbocycles. The van der Waals surface area contributed by atoms with Gasteiger partial charge in [-0.05, 0) is 18.2 Å². The van der Waals surface area contributed by atoms with Gasteiger partial charge >= 0.3 is 0 Å². The van der Waals surface area contributed by atoms with E-state index in [1.807, 2.05) is 42.5 Å². The van der Waals surface area contributed by atoms with Crippen molar-refractivity contribution in [1.29, 1.82) is 0 Å². The molecule has 7 heteroatoms. The molecular weight excluding hydrogens is 350 g/mol. The number of carbonyl (C=O) groups excluding carboxylic acids is 1. The van der Waals surface area contributed by atoms with Crippen molar-refractivity contribution in [2.24, 2.45) is 0 Å². The van der Waals surface area contributed by atoms with Crippen molar-refractivity contribution in [3.8, 4) is 11.5 Å². The van der Waals surface area contributed by atoms with Gasteiger partial charge in [-0.25, -0.2) is 4.98 Å². The second-order valence-electron chi connectivity index (χ2n) is 6.01. The predicted octanol–water partition coefficient (Wildman–Crippen LogP) is 3.30. The van der Waals surface area contributed by atoms with Crippen molar-refractivity contribution in [3.05, 3.63) is 48.0 Å². The average Bonchev–Trinajstić information content (AvgIpc) is 3.08. The van der Waals surface area contributed by atoms with Crippen LogP contribution < -0.4 is 14.8 Å². The lowest BCUT2D eigenvalue weighted by atomic mass is 10.0. The third-order valence-electron chi connectivity index (χ3n) is 4.30. The smallest absolute Gasteiger partial charge is 0.230 e. The molecule has 1 aliphatic heterocycles. The van der Waals surface area contributed by atoms with Crippen LogP contribution in [-0.4, -0.2) is 35.3 Å². The number of benzene rings is 2. The zero-order valence-corrected chi connectivity index (χ0v) is 15.1. The van der Waals surface area contributed by atoms with Crippen LogP contribution in [0.15, 0.2) is 47.6 Å². The Labute approximate surface area is 155 Å². The van der Waals surface area contributed by atoms with Crippen molar-refractivity contribution in [2.45, 2.75) is 17.6 Å². The molecule has 134 valence electrons. The Balaban J connectivity index is 1.39. The van der Waals surface area contributed by atoms with E-state index in [-0.39, 0.29) is 11.9 Å². The van der Waals surface area contributed by atoms with Crippen LogP contribution in [0.5, 0.6) is 11.5 Å². The van der Waals surface area contributed by atoms with Crippen LogP contribution >= 0.6 is 11.8 Å². The number of thioether (sulfide) groups is 1. The van der Waals surface area contributed by atoms with Crippen LogP contribution in [0.4, 0.5) is 0 Å². The highest BCUT2D eigenvalue weighted by Gasteiger charge is 2.22. The zero-order chi connectivity index (χ0) is 17.9. The number of imidazole rings is 1. The van der Waals surface area contributed by atoms with Gasteiger partial charge in [0.25, 0.3) is 0 Å². The maximum Gasteiger partial charge on any atom is 0.230 e. The molecule has 0 radical (unpaired) electrons. The Bertz CT molecular complexity index is 941. The van der Waals surface area contributed by atoms with Gasteiger partial charge in [0, 0.05) is 18.1 Å². The highest BCUT2D eigenvalue weighted by Crippen LogP contribution is 2.31. The highest BCUT2D eigenvalue weighted by atomic mass is 32.2. The van der Waals surface area contributed by atoms with Crippen LogP contribution in [-0.2, 0) is 4.79 Å². The molecule has 0 bridgehead atoms. The van der Waals surface area contributed by atoms with Gasteiger partial charge in [0.05, 0.1) is 36.5 Å². The minimum atomic E-state index is -0.0188. The van der Waals surface area contributed by atoms with Crippen LogP contribution in [0.25, 0.3) is 11.0 Å². The third-order valence-corrected chi connectivity index (χ3v) is 5.17. The maximum absolute atomic E-state index is 12.4. The number of carbonyl (C=O) groups is 1. The number of fused-ring (bicyclic) bond motifs is 2. The molecule has 0 aliphatic carbocycles. The van der Waals surface area contributed by atoms with Gasteiger partial charge < -0.3 is 19.8 Å². The molecule has 0 saturated carbocycles. The summed E-state index contributed by atoms with van der Waals surface area (Å²) in [4.78, 5) is 20.1. The van der Waals surface area contributed by atoms with E-state index in [2.05, 4.69) is 15.3 Å². The Hall–Kier alpha value is -2.67. The van der Waals surface area contributed by atoms with E-state index >= 15 is 0 Å². The minimum absolute atomic E-state index is 0.00650. The number of nitrogens with one attached hydrogen (secondary N) is 2. The summed E-state index contributed by atoms with van der Waals surface area (Å²) in [5.41, 5.74) is 2.78. The Kier molecular flexibility index (Phi) is 4.71. The molecule has 3 aromatic rings. The Morgan fingerprint density at radius 1 is 1.38 bits per heavy atom. The maximum atomic E-state index is 12.4. The first-order chi connectivity index (χ1) is 12.7. The van der Waals surface area contributed by atoms with Crippen molar-refractivity contribution in [2.75, 3.05) is 19.5 Å². The number of aromatic nitrogens is 2. The fourth-order valence-electron chi connectivity index (χ4n) is 3.02. The molecule has 0 saturated heterocycles. The number of hydrogen-bond acceptors (Lipinski definition) is 5. The van der Waals surface area contributed by atoms with E-state index < -0.39 is 0 Å². The van der Waals surface area contributed by atoms with E-state index in [1.54, 1.807) is 7.11 Å². The summed E-state index contributed by atoms with van der Waals surface area (Å²) in [6, 6.07) is 13.5. The van der Waals surface area contributed by atoms with Gasteiger partial charge in [-0.15, -0.1) is 0 Å². The van der Waals surface area contributed by atoms with Crippen LogP contribution in [0.3, 0.4) is 0 Å². The monoisotopic (exact) mass is 369 g/mol. The number of rotatable bonds is 5. The van der Waals surface area contributed by atoms with Gasteiger partial charge in [-0.3, -0.25) is 4.79 Å². The van der Waals surface area contributed by atoms with Crippen molar-refractivity contribution < 1.29 is 14.3 Å². The highest BCUT2D eigenvalue weighted by molar-refractivity contribution is 7.99.